The molecule has 19 heavy (non-hydrogen) atoms. The van der Waals surface area contributed by atoms with Gasteiger partial charge in [-0.1, -0.05) is 39.5 Å². The van der Waals surface area contributed by atoms with E-state index in [1.54, 1.807) is 0 Å². The van der Waals surface area contributed by atoms with Crippen molar-refractivity contribution in [3.05, 3.63) is 0 Å². The molecule has 0 aromatic carbocycles. The second kappa shape index (κ2) is 9.32. The third kappa shape index (κ3) is 6.39. The molecule has 1 rings (SSSR count). The van der Waals surface area contributed by atoms with E-state index in [2.05, 4.69) is 12.2 Å². The summed E-state index contributed by atoms with van der Waals surface area (Å²) in [6, 6.07) is -0.385. The fourth-order valence-corrected chi connectivity index (χ4v) is 2.40. The Bertz CT molecular complexity index is 253. The lowest BCUT2D eigenvalue weighted by molar-refractivity contribution is -0.123. The number of nitrogens with two attached hydrogens (primary N) is 1. The maximum absolute atomic E-state index is 11.7. The van der Waals surface area contributed by atoms with E-state index in [-0.39, 0.29) is 17.9 Å². The van der Waals surface area contributed by atoms with Crippen molar-refractivity contribution in [2.75, 3.05) is 13.2 Å². The predicted octanol–water partition coefficient (Wildman–Crippen LogP) is 2.22. The summed E-state index contributed by atoms with van der Waals surface area (Å²) in [5.74, 6) is 0.200. The van der Waals surface area contributed by atoms with Gasteiger partial charge in [0.1, 0.15) is 0 Å². The smallest absolute Gasteiger partial charge is 0.237 e. The van der Waals surface area contributed by atoms with Gasteiger partial charge in [-0.15, -0.1) is 0 Å². The highest BCUT2D eigenvalue weighted by atomic mass is 16.5. The molecule has 3 N–H and O–H groups in total. The standard InChI is InChI=1S/C15H30N2O2/c1-3-12(2)14(16)15(18)17-10-7-11-19-13-8-5-4-6-9-13/h12-14H,3-11,16H2,1-2H3,(H,17,18). The molecule has 4 nitrogen and oxygen atoms in total. The lowest BCUT2D eigenvalue weighted by atomic mass is 9.98. The Hall–Kier alpha value is -0.610. The number of nitrogens with one attached hydrogen (secondary N) is 1. The van der Waals surface area contributed by atoms with Crippen LogP contribution < -0.4 is 11.1 Å². The molecule has 2 atom stereocenters. The number of carbonyl (C=O) groups is 1. The highest BCUT2D eigenvalue weighted by Gasteiger charge is 2.18. The molecule has 1 aliphatic rings. The lowest BCUT2D eigenvalue weighted by Crippen LogP contribution is -2.45. The minimum absolute atomic E-state index is 0.0352. The Balaban J connectivity index is 2.02. The second-order valence-electron chi connectivity index (χ2n) is 5.69. The number of hydrogen-bond acceptors (Lipinski definition) is 3. The van der Waals surface area contributed by atoms with E-state index in [0.29, 0.717) is 12.6 Å². The van der Waals surface area contributed by atoms with E-state index in [9.17, 15) is 4.79 Å². The summed E-state index contributed by atoms with van der Waals surface area (Å²) in [5.41, 5.74) is 5.86. The number of hydrogen-bond donors (Lipinski definition) is 2. The molecule has 0 heterocycles. The minimum atomic E-state index is -0.385. The first-order valence-corrected chi connectivity index (χ1v) is 7.80. The largest absolute Gasteiger partial charge is 0.378 e. The molecule has 112 valence electrons. The van der Waals surface area contributed by atoms with Crippen LogP contribution in [0.5, 0.6) is 0 Å². The lowest BCUT2D eigenvalue weighted by Gasteiger charge is -2.22. The topological polar surface area (TPSA) is 64.4 Å². The maximum Gasteiger partial charge on any atom is 0.237 e. The first-order chi connectivity index (χ1) is 9.15. The van der Waals surface area contributed by atoms with Crippen molar-refractivity contribution in [1.29, 1.82) is 0 Å². The summed E-state index contributed by atoms with van der Waals surface area (Å²) in [7, 11) is 0. The van der Waals surface area contributed by atoms with Crippen LogP contribution in [0.1, 0.15) is 58.8 Å². The van der Waals surface area contributed by atoms with Crippen molar-refractivity contribution in [2.24, 2.45) is 11.7 Å². The van der Waals surface area contributed by atoms with Gasteiger partial charge in [0.05, 0.1) is 12.1 Å². The van der Waals surface area contributed by atoms with Crippen LogP contribution in [0.4, 0.5) is 0 Å². The van der Waals surface area contributed by atoms with Gasteiger partial charge in [-0.2, -0.15) is 0 Å². The summed E-state index contributed by atoms with van der Waals surface area (Å²) in [6.07, 6.45) is 8.59. The van der Waals surface area contributed by atoms with E-state index in [4.69, 9.17) is 10.5 Å². The van der Waals surface area contributed by atoms with Gasteiger partial charge in [0, 0.05) is 13.2 Å². The molecule has 1 saturated carbocycles. The summed E-state index contributed by atoms with van der Waals surface area (Å²) in [5, 5.41) is 2.89. The van der Waals surface area contributed by atoms with Crippen molar-refractivity contribution in [2.45, 2.75) is 70.9 Å². The van der Waals surface area contributed by atoms with Gasteiger partial charge in [0.2, 0.25) is 5.91 Å². The fourth-order valence-electron chi connectivity index (χ4n) is 2.40. The molecular weight excluding hydrogens is 240 g/mol. The predicted molar refractivity (Wildman–Crippen MR) is 77.9 cm³/mol. The monoisotopic (exact) mass is 270 g/mol. The van der Waals surface area contributed by atoms with Crippen LogP contribution in [0, 0.1) is 5.92 Å². The molecule has 0 aromatic heterocycles. The first-order valence-electron chi connectivity index (χ1n) is 7.80. The highest BCUT2D eigenvalue weighted by Crippen LogP contribution is 2.20. The quantitative estimate of drug-likeness (QED) is 0.665. The SMILES string of the molecule is CCC(C)C(N)C(=O)NCCCOC1CCCCC1. The van der Waals surface area contributed by atoms with Gasteiger partial charge in [-0.25, -0.2) is 0 Å². The van der Waals surface area contributed by atoms with Crippen molar-refractivity contribution in [1.82, 2.24) is 5.32 Å². The van der Waals surface area contributed by atoms with Crippen LogP contribution in [0.25, 0.3) is 0 Å². The van der Waals surface area contributed by atoms with E-state index in [1.165, 1.54) is 32.1 Å². The molecule has 4 heteroatoms. The molecule has 0 aromatic rings. The van der Waals surface area contributed by atoms with Crippen LogP contribution in [0.3, 0.4) is 0 Å². The van der Waals surface area contributed by atoms with Crippen LogP contribution in [0.15, 0.2) is 0 Å². The van der Waals surface area contributed by atoms with Crippen molar-refractivity contribution in [3.8, 4) is 0 Å². The average molecular weight is 270 g/mol. The third-order valence-corrected chi connectivity index (χ3v) is 4.09. The van der Waals surface area contributed by atoms with Gasteiger partial charge in [-0.05, 0) is 25.2 Å². The van der Waals surface area contributed by atoms with Crippen molar-refractivity contribution < 1.29 is 9.53 Å². The summed E-state index contributed by atoms with van der Waals surface area (Å²) in [6.45, 7) is 5.46. The zero-order chi connectivity index (χ0) is 14.1. The normalized spacial score (nSPS) is 19.9. The number of amides is 1. The summed E-state index contributed by atoms with van der Waals surface area (Å²) < 4.78 is 5.81. The van der Waals surface area contributed by atoms with E-state index in [0.717, 1.165) is 19.4 Å². The van der Waals surface area contributed by atoms with Gasteiger partial charge >= 0.3 is 0 Å². The molecule has 2 unspecified atom stereocenters. The number of carbonyl (C=O) groups excluding carboxylic acids is 1. The Morgan fingerprint density at radius 2 is 2.05 bits per heavy atom. The molecule has 0 radical (unpaired) electrons. The van der Waals surface area contributed by atoms with Crippen LogP contribution in [0.2, 0.25) is 0 Å². The van der Waals surface area contributed by atoms with Gasteiger partial charge in [-0.3, -0.25) is 4.79 Å². The molecule has 0 spiro atoms. The van der Waals surface area contributed by atoms with Crippen LogP contribution in [-0.2, 0) is 9.53 Å². The number of ether oxygens (including phenoxy) is 1. The van der Waals surface area contributed by atoms with E-state index >= 15 is 0 Å². The van der Waals surface area contributed by atoms with E-state index in [1.807, 2.05) is 6.92 Å². The average Bonchev–Trinajstić information content (AvgIpc) is 2.46. The van der Waals surface area contributed by atoms with Crippen molar-refractivity contribution >= 4 is 5.91 Å². The first kappa shape index (κ1) is 16.4. The fraction of sp³-hybridized carbons (Fsp3) is 0.933. The molecular formula is C15H30N2O2. The summed E-state index contributed by atoms with van der Waals surface area (Å²) in [4.78, 5) is 11.7. The van der Waals surface area contributed by atoms with Crippen LogP contribution in [-0.4, -0.2) is 31.2 Å². The van der Waals surface area contributed by atoms with E-state index < -0.39 is 0 Å². The molecule has 1 aliphatic carbocycles. The van der Waals surface area contributed by atoms with Crippen LogP contribution >= 0.6 is 0 Å². The molecule has 0 aliphatic heterocycles. The Labute approximate surface area is 117 Å². The molecule has 1 amide bonds. The zero-order valence-corrected chi connectivity index (χ0v) is 12.5. The maximum atomic E-state index is 11.7. The third-order valence-electron chi connectivity index (χ3n) is 4.09. The van der Waals surface area contributed by atoms with Gasteiger partial charge in [0.25, 0.3) is 0 Å². The molecule has 0 saturated heterocycles. The minimum Gasteiger partial charge on any atom is -0.378 e. The Morgan fingerprint density at radius 1 is 1.37 bits per heavy atom. The van der Waals surface area contributed by atoms with Crippen molar-refractivity contribution in [3.63, 3.8) is 0 Å². The molecule has 0 bridgehead atoms. The summed E-state index contributed by atoms with van der Waals surface area (Å²) >= 11 is 0. The Morgan fingerprint density at radius 3 is 2.68 bits per heavy atom. The van der Waals surface area contributed by atoms with Gasteiger partial charge in [0.15, 0.2) is 0 Å². The number of rotatable bonds is 8. The highest BCUT2D eigenvalue weighted by molar-refractivity contribution is 5.81. The zero-order valence-electron chi connectivity index (χ0n) is 12.5. The second-order valence-corrected chi connectivity index (χ2v) is 5.69. The molecule has 1 fully saturated rings. The Kier molecular flexibility index (Phi) is 8.07. The van der Waals surface area contributed by atoms with Gasteiger partial charge < -0.3 is 15.8 Å².